The van der Waals surface area contributed by atoms with Crippen molar-refractivity contribution >= 4 is 5.97 Å². The second kappa shape index (κ2) is 4.92. The van der Waals surface area contributed by atoms with Crippen LogP contribution in [0.1, 0.15) is 16.1 Å². The van der Waals surface area contributed by atoms with Crippen LogP contribution in [-0.4, -0.2) is 18.2 Å². The van der Waals surface area contributed by atoms with Gasteiger partial charge < -0.3 is 14.3 Å². The molecule has 0 saturated carbocycles. The van der Waals surface area contributed by atoms with Crippen molar-refractivity contribution in [3.63, 3.8) is 0 Å². The van der Waals surface area contributed by atoms with Crippen molar-refractivity contribution in [1.82, 2.24) is 0 Å². The monoisotopic (exact) mass is 286 g/mol. The Morgan fingerprint density at radius 1 is 1.25 bits per heavy atom. The molecule has 20 heavy (non-hydrogen) atoms. The number of hydrogen-bond acceptors (Lipinski definition) is 3. The Balaban J connectivity index is 2.56. The third-order valence-corrected chi connectivity index (χ3v) is 2.66. The molecular formula is C13H9F3O4. The van der Waals surface area contributed by atoms with E-state index >= 15 is 0 Å². The van der Waals surface area contributed by atoms with Crippen molar-refractivity contribution in [3.05, 3.63) is 41.9 Å². The molecule has 1 aromatic carbocycles. The Bertz CT molecular complexity index is 626. The number of alkyl halides is 3. The number of methoxy groups -OCH3 is 1. The van der Waals surface area contributed by atoms with Crippen LogP contribution in [-0.2, 0) is 6.18 Å². The lowest BCUT2D eigenvalue weighted by Crippen LogP contribution is -2.10. The molecule has 7 heteroatoms. The topological polar surface area (TPSA) is 59.7 Å². The minimum absolute atomic E-state index is 0.132. The summed E-state index contributed by atoms with van der Waals surface area (Å²) in [5.74, 6) is -2.71. The van der Waals surface area contributed by atoms with Crippen molar-refractivity contribution in [1.29, 1.82) is 0 Å². The lowest BCUT2D eigenvalue weighted by molar-refractivity contribution is -0.153. The highest BCUT2D eigenvalue weighted by Gasteiger charge is 2.41. The van der Waals surface area contributed by atoms with E-state index in [0.717, 1.165) is 6.26 Å². The van der Waals surface area contributed by atoms with Crippen molar-refractivity contribution in [2.45, 2.75) is 6.18 Å². The van der Waals surface area contributed by atoms with Crippen molar-refractivity contribution in [2.75, 3.05) is 7.11 Å². The summed E-state index contributed by atoms with van der Waals surface area (Å²) in [7, 11) is 1.44. The zero-order valence-corrected chi connectivity index (χ0v) is 10.2. The second-order valence-electron chi connectivity index (χ2n) is 3.88. The van der Waals surface area contributed by atoms with Gasteiger partial charge in [-0.2, -0.15) is 13.2 Å². The van der Waals surface area contributed by atoms with E-state index < -0.39 is 23.5 Å². The standard InChI is InChI=1S/C13H9F3O4/c1-19-8-4-2-7(3-5-8)9-6-20-11(13(14,15)16)10(9)12(17)18/h2-6H,1H3,(H,17,18). The highest BCUT2D eigenvalue weighted by Crippen LogP contribution is 2.38. The number of carboxylic acids is 1. The summed E-state index contributed by atoms with van der Waals surface area (Å²) in [6.07, 6.45) is -4.08. The summed E-state index contributed by atoms with van der Waals surface area (Å²) < 4.78 is 47.4. The second-order valence-corrected chi connectivity index (χ2v) is 3.88. The van der Waals surface area contributed by atoms with Crippen LogP contribution >= 0.6 is 0 Å². The van der Waals surface area contributed by atoms with Crippen LogP contribution < -0.4 is 4.74 Å². The zero-order chi connectivity index (χ0) is 14.9. The van der Waals surface area contributed by atoms with Crippen molar-refractivity contribution in [3.8, 4) is 16.9 Å². The summed E-state index contributed by atoms with van der Waals surface area (Å²) in [6.45, 7) is 0. The normalized spacial score (nSPS) is 11.4. The molecule has 2 aromatic rings. The molecule has 0 aliphatic rings. The molecule has 0 unspecified atom stereocenters. The lowest BCUT2D eigenvalue weighted by Gasteiger charge is -2.05. The summed E-state index contributed by atoms with van der Waals surface area (Å²) in [5, 5.41) is 8.98. The van der Waals surface area contributed by atoms with Crippen LogP contribution in [0.2, 0.25) is 0 Å². The zero-order valence-electron chi connectivity index (χ0n) is 10.2. The Morgan fingerprint density at radius 3 is 2.30 bits per heavy atom. The first-order valence-corrected chi connectivity index (χ1v) is 5.41. The van der Waals surface area contributed by atoms with E-state index in [4.69, 9.17) is 9.84 Å². The largest absolute Gasteiger partial charge is 0.497 e. The van der Waals surface area contributed by atoms with E-state index in [9.17, 15) is 18.0 Å². The molecule has 1 heterocycles. The molecule has 1 N–H and O–H groups in total. The average molecular weight is 286 g/mol. The summed E-state index contributed by atoms with van der Waals surface area (Å²) in [5.41, 5.74) is -0.738. The van der Waals surface area contributed by atoms with Crippen LogP contribution in [0.25, 0.3) is 11.1 Å². The Morgan fingerprint density at radius 2 is 1.85 bits per heavy atom. The number of furan rings is 1. The van der Waals surface area contributed by atoms with E-state index in [0.29, 0.717) is 11.3 Å². The quantitative estimate of drug-likeness (QED) is 0.935. The molecule has 4 nitrogen and oxygen atoms in total. The minimum Gasteiger partial charge on any atom is -0.497 e. The maximum absolute atomic E-state index is 12.7. The molecule has 1 aromatic heterocycles. The fourth-order valence-electron chi connectivity index (χ4n) is 1.76. The van der Waals surface area contributed by atoms with Crippen molar-refractivity contribution < 1.29 is 32.2 Å². The fourth-order valence-corrected chi connectivity index (χ4v) is 1.76. The number of hydrogen-bond donors (Lipinski definition) is 1. The van der Waals surface area contributed by atoms with Gasteiger partial charge in [0.25, 0.3) is 0 Å². The molecule has 0 amide bonds. The van der Waals surface area contributed by atoms with Crippen LogP contribution in [0, 0.1) is 0 Å². The molecular weight excluding hydrogens is 277 g/mol. The third-order valence-electron chi connectivity index (χ3n) is 2.66. The molecule has 0 aliphatic heterocycles. The number of halogens is 3. The Kier molecular flexibility index (Phi) is 3.44. The van der Waals surface area contributed by atoms with E-state index in [1.165, 1.54) is 31.4 Å². The van der Waals surface area contributed by atoms with Crippen LogP contribution in [0.15, 0.2) is 34.9 Å². The smallest absolute Gasteiger partial charge is 0.450 e. The van der Waals surface area contributed by atoms with Gasteiger partial charge in [-0.25, -0.2) is 4.79 Å². The predicted octanol–water partition coefficient (Wildman–Crippen LogP) is 3.67. The Labute approximate surface area is 111 Å². The first-order chi connectivity index (χ1) is 9.34. The number of benzene rings is 1. The maximum atomic E-state index is 12.7. The number of carboxylic acid groups (broad SMARTS) is 1. The van der Waals surface area contributed by atoms with Gasteiger partial charge in [0.1, 0.15) is 11.3 Å². The Hall–Kier alpha value is -2.44. The van der Waals surface area contributed by atoms with Gasteiger partial charge >= 0.3 is 12.1 Å². The van der Waals surface area contributed by atoms with E-state index in [1.54, 1.807) is 0 Å². The average Bonchev–Trinajstić information content (AvgIpc) is 2.83. The van der Waals surface area contributed by atoms with Gasteiger partial charge in [0.15, 0.2) is 0 Å². The fraction of sp³-hybridized carbons (Fsp3) is 0.154. The molecule has 0 bridgehead atoms. The van der Waals surface area contributed by atoms with E-state index in [-0.39, 0.29) is 5.56 Å². The van der Waals surface area contributed by atoms with E-state index in [2.05, 4.69) is 4.42 Å². The first-order valence-electron chi connectivity index (χ1n) is 5.41. The molecule has 2 rings (SSSR count). The highest BCUT2D eigenvalue weighted by atomic mass is 19.4. The summed E-state index contributed by atoms with van der Waals surface area (Å²) in [6, 6.07) is 5.94. The minimum atomic E-state index is -4.86. The van der Waals surface area contributed by atoms with Gasteiger partial charge in [0.05, 0.1) is 13.4 Å². The highest BCUT2D eigenvalue weighted by molar-refractivity contribution is 5.97. The maximum Gasteiger partial charge on any atom is 0.450 e. The molecule has 0 aliphatic carbocycles. The molecule has 0 fully saturated rings. The number of aromatic carboxylic acids is 1. The van der Waals surface area contributed by atoms with Gasteiger partial charge in [0.2, 0.25) is 5.76 Å². The summed E-state index contributed by atoms with van der Waals surface area (Å²) in [4.78, 5) is 11.1. The van der Waals surface area contributed by atoms with Gasteiger partial charge in [-0.05, 0) is 17.7 Å². The number of rotatable bonds is 3. The molecule has 0 atom stereocenters. The molecule has 0 saturated heterocycles. The third kappa shape index (κ3) is 2.47. The first kappa shape index (κ1) is 14.0. The number of ether oxygens (including phenoxy) is 1. The molecule has 106 valence electrons. The van der Waals surface area contributed by atoms with Gasteiger partial charge in [-0.3, -0.25) is 0 Å². The van der Waals surface area contributed by atoms with Crippen LogP contribution in [0.5, 0.6) is 5.75 Å². The van der Waals surface area contributed by atoms with Gasteiger partial charge in [0, 0.05) is 5.56 Å². The van der Waals surface area contributed by atoms with Gasteiger partial charge in [-0.1, -0.05) is 12.1 Å². The van der Waals surface area contributed by atoms with Gasteiger partial charge in [-0.15, -0.1) is 0 Å². The number of carbonyl (C=O) groups is 1. The van der Waals surface area contributed by atoms with E-state index in [1.807, 2.05) is 0 Å². The van der Waals surface area contributed by atoms with Crippen molar-refractivity contribution in [2.24, 2.45) is 0 Å². The SMILES string of the molecule is COc1ccc(-c2coc(C(F)(F)F)c2C(=O)O)cc1. The lowest BCUT2D eigenvalue weighted by atomic mass is 10.0. The van der Waals surface area contributed by atoms with Crippen LogP contribution in [0.3, 0.4) is 0 Å². The predicted molar refractivity (Wildman–Crippen MR) is 62.7 cm³/mol. The van der Waals surface area contributed by atoms with Crippen LogP contribution in [0.4, 0.5) is 13.2 Å². The molecule has 0 radical (unpaired) electrons. The summed E-state index contributed by atoms with van der Waals surface area (Å²) >= 11 is 0. The molecule has 0 spiro atoms.